The van der Waals surface area contributed by atoms with E-state index in [4.69, 9.17) is 14.6 Å². The maximum Gasteiger partial charge on any atom is 0.161 e. The van der Waals surface area contributed by atoms with Gasteiger partial charge in [-0.15, -0.1) is 0 Å². The van der Waals surface area contributed by atoms with Gasteiger partial charge in [-0.05, 0) is 29.8 Å². The number of hydrogen-bond acceptors (Lipinski definition) is 4. The molecule has 5 heteroatoms. The number of nitrogens with zero attached hydrogens (tertiary/aromatic N) is 1. The molecule has 0 unspecified atom stereocenters. The van der Waals surface area contributed by atoms with E-state index < -0.39 is 0 Å². The number of nitrogens with one attached hydrogen (secondary N) is 1. The van der Waals surface area contributed by atoms with Gasteiger partial charge in [0.25, 0.3) is 0 Å². The molecule has 0 amide bonds. The monoisotopic (exact) mass is 290 g/mol. The van der Waals surface area contributed by atoms with Gasteiger partial charge >= 0.3 is 0 Å². The number of aliphatic hydroxyl groups is 1. The van der Waals surface area contributed by atoms with Gasteiger partial charge in [0.15, 0.2) is 11.5 Å². The van der Waals surface area contributed by atoms with E-state index in [1.807, 2.05) is 37.5 Å². The Morgan fingerprint density at radius 3 is 2.71 bits per heavy atom. The maximum atomic E-state index is 8.80. The molecule has 0 atom stereocenters. The van der Waals surface area contributed by atoms with Gasteiger partial charge in [0, 0.05) is 32.0 Å². The van der Waals surface area contributed by atoms with Gasteiger partial charge in [-0.3, -0.25) is 0 Å². The van der Waals surface area contributed by atoms with Crippen molar-refractivity contribution in [2.24, 2.45) is 7.05 Å². The van der Waals surface area contributed by atoms with Crippen molar-refractivity contribution in [3.05, 3.63) is 47.8 Å². The van der Waals surface area contributed by atoms with E-state index in [-0.39, 0.29) is 13.2 Å². The lowest BCUT2D eigenvalue weighted by Gasteiger charge is -2.12. The van der Waals surface area contributed by atoms with Crippen LogP contribution in [0.3, 0.4) is 0 Å². The second-order valence-corrected chi connectivity index (χ2v) is 4.77. The summed E-state index contributed by atoms with van der Waals surface area (Å²) in [5, 5.41) is 12.2. The van der Waals surface area contributed by atoms with Crippen molar-refractivity contribution in [2.45, 2.75) is 13.1 Å². The topological polar surface area (TPSA) is 55.7 Å². The zero-order valence-corrected chi connectivity index (χ0v) is 12.5. The fourth-order valence-electron chi connectivity index (χ4n) is 2.11. The number of rotatable bonds is 8. The van der Waals surface area contributed by atoms with E-state index >= 15 is 0 Å². The fourth-order valence-corrected chi connectivity index (χ4v) is 2.11. The highest BCUT2D eigenvalue weighted by Crippen LogP contribution is 2.27. The van der Waals surface area contributed by atoms with Crippen LogP contribution in [0.4, 0.5) is 0 Å². The molecule has 0 aliphatic heterocycles. The highest BCUT2D eigenvalue weighted by molar-refractivity contribution is 5.42. The number of aryl methyl sites for hydroxylation is 1. The van der Waals surface area contributed by atoms with E-state index in [9.17, 15) is 0 Å². The summed E-state index contributed by atoms with van der Waals surface area (Å²) in [6, 6.07) is 9.94. The molecule has 5 nitrogen and oxygen atoms in total. The van der Waals surface area contributed by atoms with E-state index in [0.29, 0.717) is 11.5 Å². The van der Waals surface area contributed by atoms with Gasteiger partial charge in [-0.25, -0.2) is 0 Å². The third kappa shape index (κ3) is 4.24. The van der Waals surface area contributed by atoms with Crippen LogP contribution in [-0.2, 0) is 20.1 Å². The number of ether oxygens (including phenoxy) is 2. The third-order valence-corrected chi connectivity index (χ3v) is 3.26. The molecule has 0 bridgehead atoms. The highest BCUT2D eigenvalue weighted by Gasteiger charge is 2.06. The number of benzene rings is 1. The minimum absolute atomic E-state index is 0.0108. The summed E-state index contributed by atoms with van der Waals surface area (Å²) in [6.45, 7) is 1.82. The van der Waals surface area contributed by atoms with Crippen LogP contribution >= 0.6 is 0 Å². The highest BCUT2D eigenvalue weighted by atomic mass is 16.5. The van der Waals surface area contributed by atoms with Gasteiger partial charge < -0.3 is 24.5 Å². The number of hydrogen-bond donors (Lipinski definition) is 2. The summed E-state index contributed by atoms with van der Waals surface area (Å²) in [5.41, 5.74) is 2.36. The van der Waals surface area contributed by atoms with E-state index in [1.54, 1.807) is 7.11 Å². The largest absolute Gasteiger partial charge is 0.493 e. The lowest BCUT2D eigenvalue weighted by atomic mass is 10.2. The lowest BCUT2D eigenvalue weighted by Crippen LogP contribution is -2.14. The average molecular weight is 290 g/mol. The van der Waals surface area contributed by atoms with Crippen molar-refractivity contribution >= 4 is 0 Å². The SMILES string of the molecule is COc1cc(CNCc2cccn2C)ccc1OCCO. The van der Waals surface area contributed by atoms with Crippen molar-refractivity contribution in [3.63, 3.8) is 0 Å². The summed E-state index contributed by atoms with van der Waals surface area (Å²) in [7, 11) is 3.65. The van der Waals surface area contributed by atoms with Gasteiger partial charge in [0.05, 0.1) is 13.7 Å². The molecule has 2 rings (SSSR count). The number of aromatic nitrogens is 1. The molecule has 2 N–H and O–H groups in total. The molecule has 1 aromatic heterocycles. The lowest BCUT2D eigenvalue weighted by molar-refractivity contribution is 0.196. The van der Waals surface area contributed by atoms with Crippen LogP contribution in [0.5, 0.6) is 11.5 Å². The molecule has 0 aliphatic rings. The Hall–Kier alpha value is -1.98. The molecular weight excluding hydrogens is 268 g/mol. The van der Waals surface area contributed by atoms with Gasteiger partial charge in [-0.1, -0.05) is 6.07 Å². The first-order valence-electron chi connectivity index (χ1n) is 6.96. The molecule has 0 saturated heterocycles. The predicted octanol–water partition coefficient (Wildman–Crippen LogP) is 1.69. The molecule has 21 heavy (non-hydrogen) atoms. The van der Waals surface area contributed by atoms with Crippen LogP contribution in [0.1, 0.15) is 11.3 Å². The Balaban J connectivity index is 1.92. The predicted molar refractivity (Wildman–Crippen MR) is 81.5 cm³/mol. The Kier molecular flexibility index (Phi) is 5.66. The number of aliphatic hydroxyl groups excluding tert-OH is 1. The molecule has 0 radical (unpaired) electrons. The van der Waals surface area contributed by atoms with Gasteiger partial charge in [0.2, 0.25) is 0 Å². The summed E-state index contributed by atoms with van der Waals surface area (Å²) < 4.78 is 12.8. The standard InChI is InChI=1S/C16H22N2O3/c1-18-7-3-4-14(18)12-17-11-13-5-6-15(21-9-8-19)16(10-13)20-2/h3-7,10,17,19H,8-9,11-12H2,1-2H3. The molecule has 1 heterocycles. The van der Waals surface area contributed by atoms with Crippen LogP contribution in [0.25, 0.3) is 0 Å². The third-order valence-electron chi connectivity index (χ3n) is 3.26. The smallest absolute Gasteiger partial charge is 0.161 e. The molecular formula is C16H22N2O3. The molecule has 0 fully saturated rings. The first-order chi connectivity index (χ1) is 10.2. The zero-order valence-electron chi connectivity index (χ0n) is 12.5. The van der Waals surface area contributed by atoms with Crippen molar-refractivity contribution in [3.8, 4) is 11.5 Å². The van der Waals surface area contributed by atoms with Crippen LogP contribution in [0.2, 0.25) is 0 Å². The maximum absolute atomic E-state index is 8.80. The number of methoxy groups -OCH3 is 1. The fraction of sp³-hybridized carbons (Fsp3) is 0.375. The summed E-state index contributed by atoms with van der Waals surface area (Å²) in [5.74, 6) is 1.33. The molecule has 0 spiro atoms. The van der Waals surface area contributed by atoms with Gasteiger partial charge in [0.1, 0.15) is 6.61 Å². The molecule has 2 aromatic rings. The zero-order chi connectivity index (χ0) is 15.1. The van der Waals surface area contributed by atoms with E-state index in [1.165, 1.54) is 5.69 Å². The Bertz CT molecular complexity index is 566. The van der Waals surface area contributed by atoms with Crippen molar-refractivity contribution in [1.82, 2.24) is 9.88 Å². The first-order valence-corrected chi connectivity index (χ1v) is 6.96. The van der Waals surface area contributed by atoms with Crippen molar-refractivity contribution in [2.75, 3.05) is 20.3 Å². The average Bonchev–Trinajstić information content (AvgIpc) is 2.91. The second-order valence-electron chi connectivity index (χ2n) is 4.77. The van der Waals surface area contributed by atoms with Crippen LogP contribution in [-0.4, -0.2) is 30.0 Å². The van der Waals surface area contributed by atoms with Crippen LogP contribution in [0.15, 0.2) is 36.5 Å². The first kappa shape index (κ1) is 15.4. The Morgan fingerprint density at radius 1 is 1.19 bits per heavy atom. The Morgan fingerprint density at radius 2 is 2.05 bits per heavy atom. The summed E-state index contributed by atoms with van der Waals surface area (Å²) >= 11 is 0. The molecule has 114 valence electrons. The summed E-state index contributed by atoms with van der Waals surface area (Å²) in [6.07, 6.45) is 2.04. The molecule has 0 aliphatic carbocycles. The Labute approximate surface area is 125 Å². The van der Waals surface area contributed by atoms with Gasteiger partial charge in [-0.2, -0.15) is 0 Å². The van der Waals surface area contributed by atoms with Crippen molar-refractivity contribution in [1.29, 1.82) is 0 Å². The van der Waals surface area contributed by atoms with E-state index in [0.717, 1.165) is 18.7 Å². The summed E-state index contributed by atoms with van der Waals surface area (Å²) in [4.78, 5) is 0. The normalized spacial score (nSPS) is 10.6. The minimum atomic E-state index is -0.0108. The minimum Gasteiger partial charge on any atom is -0.493 e. The van der Waals surface area contributed by atoms with Crippen molar-refractivity contribution < 1.29 is 14.6 Å². The molecule has 1 aromatic carbocycles. The molecule has 0 saturated carbocycles. The quantitative estimate of drug-likeness (QED) is 0.777. The van der Waals surface area contributed by atoms with Crippen LogP contribution in [0, 0.1) is 0 Å². The van der Waals surface area contributed by atoms with E-state index in [2.05, 4.69) is 16.0 Å². The second kappa shape index (κ2) is 7.71. The van der Waals surface area contributed by atoms with Crippen LogP contribution < -0.4 is 14.8 Å².